The number of nitrogens with zero attached hydrogens (tertiary/aromatic N) is 2. The number of rotatable bonds is 3. The first-order chi connectivity index (χ1) is 9.52. The fourth-order valence-electron chi connectivity index (χ4n) is 3.91. The molecule has 110 valence electrons. The van der Waals surface area contributed by atoms with Crippen LogP contribution in [0.1, 0.15) is 71.6 Å². The van der Waals surface area contributed by atoms with E-state index >= 15 is 0 Å². The minimum atomic E-state index is -0.940. The van der Waals surface area contributed by atoms with Crippen LogP contribution in [0.4, 0.5) is 0 Å². The van der Waals surface area contributed by atoms with Crippen LogP contribution in [0.2, 0.25) is 0 Å². The van der Waals surface area contributed by atoms with E-state index in [1.54, 1.807) is 0 Å². The van der Waals surface area contributed by atoms with E-state index in [1.165, 1.54) is 11.3 Å². The second kappa shape index (κ2) is 5.55. The monoisotopic (exact) mass is 276 g/mol. The molecule has 2 rings (SSSR count). The molecule has 1 saturated heterocycles. The van der Waals surface area contributed by atoms with Crippen molar-refractivity contribution in [2.24, 2.45) is 5.41 Å². The number of nitriles is 1. The molecular weight excluding hydrogens is 252 g/mol. The number of carbonyl (C=O) groups is 2. The smallest absolute Gasteiger partial charge is 0.231 e. The molecule has 1 heterocycles. The summed E-state index contributed by atoms with van der Waals surface area (Å²) in [6.45, 7) is 3.75. The van der Waals surface area contributed by atoms with Gasteiger partial charge in [0.2, 0.25) is 11.8 Å². The van der Waals surface area contributed by atoms with Crippen LogP contribution in [0.3, 0.4) is 0 Å². The zero-order valence-electron chi connectivity index (χ0n) is 12.6. The van der Waals surface area contributed by atoms with E-state index in [9.17, 15) is 14.9 Å². The van der Waals surface area contributed by atoms with Crippen LogP contribution in [-0.2, 0) is 9.59 Å². The van der Waals surface area contributed by atoms with Gasteiger partial charge in [0.25, 0.3) is 0 Å². The lowest BCUT2D eigenvalue weighted by molar-refractivity contribution is -0.160. The van der Waals surface area contributed by atoms with Crippen LogP contribution in [0.25, 0.3) is 0 Å². The average molecular weight is 276 g/mol. The highest BCUT2D eigenvalue weighted by atomic mass is 16.2. The van der Waals surface area contributed by atoms with Crippen LogP contribution in [0.5, 0.6) is 0 Å². The molecule has 1 spiro atoms. The van der Waals surface area contributed by atoms with E-state index in [2.05, 4.69) is 6.07 Å². The second-order valence-corrected chi connectivity index (χ2v) is 6.39. The second-order valence-electron chi connectivity index (χ2n) is 6.39. The molecule has 1 aliphatic carbocycles. The molecule has 0 N–H and O–H groups in total. The average Bonchev–Trinajstić information content (AvgIpc) is 2.44. The van der Waals surface area contributed by atoms with Crippen molar-refractivity contribution in [1.29, 1.82) is 5.26 Å². The lowest BCUT2D eigenvalue weighted by atomic mass is 9.67. The summed E-state index contributed by atoms with van der Waals surface area (Å²) >= 11 is 0. The number of likely N-dealkylation sites (tertiary alicyclic amines) is 1. The Balaban J connectivity index is 2.26. The topological polar surface area (TPSA) is 61.2 Å². The van der Waals surface area contributed by atoms with Gasteiger partial charge < -0.3 is 0 Å². The maximum atomic E-state index is 12.6. The maximum absolute atomic E-state index is 12.6. The first kappa shape index (κ1) is 15.0. The Morgan fingerprint density at radius 2 is 1.60 bits per heavy atom. The van der Waals surface area contributed by atoms with E-state index in [0.717, 1.165) is 25.7 Å². The van der Waals surface area contributed by atoms with Crippen LogP contribution < -0.4 is 0 Å². The summed E-state index contributed by atoms with van der Waals surface area (Å²) in [4.78, 5) is 26.4. The molecule has 0 unspecified atom stereocenters. The van der Waals surface area contributed by atoms with Crippen LogP contribution >= 0.6 is 0 Å². The summed E-state index contributed by atoms with van der Waals surface area (Å²) in [6.07, 6.45) is 7.31. The minimum absolute atomic E-state index is 0.106. The van der Waals surface area contributed by atoms with E-state index in [4.69, 9.17) is 0 Å². The van der Waals surface area contributed by atoms with Gasteiger partial charge >= 0.3 is 0 Å². The van der Waals surface area contributed by atoms with Crippen molar-refractivity contribution in [3.05, 3.63) is 0 Å². The van der Waals surface area contributed by atoms with Gasteiger partial charge in [0.15, 0.2) is 0 Å². The third-order valence-electron chi connectivity index (χ3n) is 5.27. The number of piperidine rings is 1. The lowest BCUT2D eigenvalue weighted by Crippen LogP contribution is -2.58. The number of carbonyl (C=O) groups excluding carboxylic acids is 2. The summed E-state index contributed by atoms with van der Waals surface area (Å²) in [5.41, 5.74) is -1.05. The zero-order valence-corrected chi connectivity index (χ0v) is 12.6. The molecular formula is C16H24N2O2. The predicted molar refractivity (Wildman–Crippen MR) is 75.5 cm³/mol. The largest absolute Gasteiger partial charge is 0.274 e. The summed E-state index contributed by atoms with van der Waals surface area (Å²) in [5, 5.41) is 9.47. The van der Waals surface area contributed by atoms with Crippen molar-refractivity contribution >= 4 is 11.8 Å². The first-order valence-corrected chi connectivity index (χ1v) is 7.80. The fourth-order valence-corrected chi connectivity index (χ4v) is 3.91. The number of hydrogen-bond donors (Lipinski definition) is 0. The van der Waals surface area contributed by atoms with Gasteiger partial charge in [0.05, 0.1) is 6.07 Å². The van der Waals surface area contributed by atoms with Gasteiger partial charge in [0, 0.05) is 12.8 Å². The Kier molecular flexibility index (Phi) is 4.17. The molecule has 1 saturated carbocycles. The van der Waals surface area contributed by atoms with E-state index in [0.29, 0.717) is 25.7 Å². The molecule has 4 nitrogen and oxygen atoms in total. The van der Waals surface area contributed by atoms with Crippen LogP contribution in [0.15, 0.2) is 0 Å². The summed E-state index contributed by atoms with van der Waals surface area (Å²) in [6, 6.07) is 2.22. The molecule has 0 aromatic heterocycles. The van der Waals surface area contributed by atoms with Crippen molar-refractivity contribution in [2.45, 2.75) is 77.2 Å². The van der Waals surface area contributed by atoms with Crippen molar-refractivity contribution in [2.75, 3.05) is 0 Å². The quantitative estimate of drug-likeness (QED) is 0.744. The van der Waals surface area contributed by atoms with E-state index < -0.39 is 5.54 Å². The van der Waals surface area contributed by atoms with Crippen molar-refractivity contribution in [3.8, 4) is 6.07 Å². The minimum Gasteiger partial charge on any atom is -0.274 e. The summed E-state index contributed by atoms with van der Waals surface area (Å²) < 4.78 is 0. The number of hydrogen-bond acceptors (Lipinski definition) is 3. The Bertz CT molecular complexity index is 420. The summed E-state index contributed by atoms with van der Waals surface area (Å²) in [7, 11) is 0. The van der Waals surface area contributed by atoms with Gasteiger partial charge in [-0.15, -0.1) is 0 Å². The van der Waals surface area contributed by atoms with Gasteiger partial charge in [-0.25, -0.2) is 0 Å². The molecule has 0 aromatic carbocycles. The van der Waals surface area contributed by atoms with Crippen LogP contribution in [0, 0.1) is 16.7 Å². The highest BCUT2D eigenvalue weighted by Crippen LogP contribution is 2.46. The number of amides is 2. The van der Waals surface area contributed by atoms with E-state index in [1.807, 2.05) is 13.8 Å². The molecule has 0 aromatic rings. The lowest BCUT2D eigenvalue weighted by Gasteiger charge is -2.46. The van der Waals surface area contributed by atoms with Crippen molar-refractivity contribution in [3.63, 3.8) is 0 Å². The molecule has 2 fully saturated rings. The highest BCUT2D eigenvalue weighted by Gasteiger charge is 2.50. The fraction of sp³-hybridized carbons (Fsp3) is 0.812. The Morgan fingerprint density at radius 1 is 1.10 bits per heavy atom. The van der Waals surface area contributed by atoms with E-state index in [-0.39, 0.29) is 17.2 Å². The van der Waals surface area contributed by atoms with Gasteiger partial charge in [-0.05, 0) is 31.1 Å². The zero-order chi connectivity index (χ0) is 14.8. The molecule has 0 radical (unpaired) electrons. The maximum Gasteiger partial charge on any atom is 0.231 e. The Morgan fingerprint density at radius 3 is 2.00 bits per heavy atom. The standard InChI is InChI=1S/C16H24N2O2/c1-3-16(4-2,12-17)18-13(19)10-15(11-14(18)20)8-6-5-7-9-15/h3-11H2,1-2H3. The molecule has 20 heavy (non-hydrogen) atoms. The third kappa shape index (κ3) is 2.34. The SMILES string of the molecule is CCC(C#N)(CC)N1C(=O)CC2(CCCCC2)CC1=O. The first-order valence-electron chi connectivity index (χ1n) is 7.80. The molecule has 2 aliphatic rings. The van der Waals surface area contributed by atoms with Gasteiger partial charge in [-0.3, -0.25) is 14.5 Å². The molecule has 1 aliphatic heterocycles. The van der Waals surface area contributed by atoms with Crippen LogP contribution in [-0.4, -0.2) is 22.3 Å². The highest BCUT2D eigenvalue weighted by molar-refractivity contribution is 6.00. The Hall–Kier alpha value is -1.37. The molecule has 4 heteroatoms. The van der Waals surface area contributed by atoms with Crippen molar-refractivity contribution in [1.82, 2.24) is 4.90 Å². The predicted octanol–water partition coefficient (Wildman–Crippen LogP) is 3.17. The van der Waals surface area contributed by atoms with Gasteiger partial charge in [-0.1, -0.05) is 33.1 Å². The number of imide groups is 1. The molecule has 0 atom stereocenters. The molecule has 0 bridgehead atoms. The van der Waals surface area contributed by atoms with Crippen molar-refractivity contribution < 1.29 is 9.59 Å². The van der Waals surface area contributed by atoms with Gasteiger partial charge in [-0.2, -0.15) is 5.26 Å². The summed E-state index contributed by atoms with van der Waals surface area (Å²) in [5.74, 6) is -0.262. The Labute approximate surface area is 121 Å². The third-order valence-corrected chi connectivity index (χ3v) is 5.27. The molecule has 2 amide bonds. The normalized spacial score (nSPS) is 22.9. The van der Waals surface area contributed by atoms with Gasteiger partial charge in [0.1, 0.15) is 5.54 Å².